The van der Waals surface area contributed by atoms with Gasteiger partial charge in [-0.15, -0.1) is 0 Å². The van der Waals surface area contributed by atoms with Crippen molar-refractivity contribution in [2.24, 2.45) is 0 Å². The molecule has 2 heterocycles. The molecule has 0 bridgehead atoms. The molecule has 0 aliphatic carbocycles. The molecule has 0 unspecified atom stereocenters. The predicted molar refractivity (Wildman–Crippen MR) is 137 cm³/mol. The number of nitrogens with one attached hydrogen (secondary N) is 1. The van der Waals surface area contributed by atoms with Crippen molar-refractivity contribution in [3.63, 3.8) is 0 Å². The first kappa shape index (κ1) is 25.4. The van der Waals surface area contributed by atoms with Gasteiger partial charge in [-0.3, -0.25) is 4.72 Å². The summed E-state index contributed by atoms with van der Waals surface area (Å²) >= 11 is 0. The maximum atomic E-state index is 13.0. The molecule has 2 aromatic heterocycles. The molecule has 1 N–H and O–H groups in total. The molecular formula is C25H23N5O6S. The Morgan fingerprint density at radius 3 is 2.14 bits per heavy atom. The van der Waals surface area contributed by atoms with Gasteiger partial charge < -0.3 is 18.9 Å². The van der Waals surface area contributed by atoms with Crippen molar-refractivity contribution in [2.75, 3.05) is 26.1 Å². The Kier molecular flexibility index (Phi) is 7.79. The lowest BCUT2D eigenvalue weighted by atomic mass is 10.2. The van der Waals surface area contributed by atoms with E-state index in [4.69, 9.17) is 18.9 Å². The molecule has 4 rings (SSSR count). The van der Waals surface area contributed by atoms with Gasteiger partial charge >= 0.3 is 0 Å². The van der Waals surface area contributed by atoms with E-state index in [1.807, 2.05) is 0 Å². The summed E-state index contributed by atoms with van der Waals surface area (Å²) in [7, 11) is 0.343. The van der Waals surface area contributed by atoms with Crippen molar-refractivity contribution in [1.82, 2.24) is 19.9 Å². The number of benzene rings is 2. The molecule has 37 heavy (non-hydrogen) atoms. The molecule has 0 atom stereocenters. The lowest BCUT2D eigenvalue weighted by Gasteiger charge is -2.16. The lowest BCUT2D eigenvalue weighted by molar-refractivity contribution is 0.348. The van der Waals surface area contributed by atoms with Crippen molar-refractivity contribution < 1.29 is 27.4 Å². The Morgan fingerprint density at radius 2 is 1.49 bits per heavy atom. The molecule has 0 saturated carbocycles. The van der Waals surface area contributed by atoms with Gasteiger partial charge in [-0.2, -0.15) is 4.98 Å². The number of methoxy groups -OCH3 is 3. The third-order valence-corrected chi connectivity index (χ3v) is 5.84. The van der Waals surface area contributed by atoms with Crippen LogP contribution in [0.1, 0.15) is 5.56 Å². The number of aromatic nitrogens is 4. The molecule has 4 aromatic rings. The zero-order valence-electron chi connectivity index (χ0n) is 20.2. The fourth-order valence-corrected chi connectivity index (χ4v) is 3.92. The molecule has 0 fully saturated rings. The van der Waals surface area contributed by atoms with E-state index < -0.39 is 10.0 Å². The number of ether oxygens (including phenoxy) is 4. The average Bonchev–Trinajstić information content (AvgIpc) is 2.93. The highest BCUT2D eigenvalue weighted by atomic mass is 32.2. The number of sulfonamides is 1. The highest BCUT2D eigenvalue weighted by Crippen LogP contribution is 2.40. The molecular weight excluding hydrogens is 498 g/mol. The number of anilines is 1. The summed E-state index contributed by atoms with van der Waals surface area (Å²) in [5.41, 5.74) is 0.648. The van der Waals surface area contributed by atoms with Crippen LogP contribution in [0.5, 0.6) is 28.9 Å². The highest BCUT2D eigenvalue weighted by Gasteiger charge is 2.23. The van der Waals surface area contributed by atoms with Crippen LogP contribution in [0.25, 0.3) is 17.7 Å². The van der Waals surface area contributed by atoms with Crippen LogP contribution in [0, 0.1) is 0 Å². The Hall–Kier alpha value is -4.71. The van der Waals surface area contributed by atoms with Gasteiger partial charge in [0.1, 0.15) is 5.75 Å². The van der Waals surface area contributed by atoms with E-state index in [2.05, 4.69) is 24.7 Å². The minimum atomic E-state index is -4.06. The smallest absolute Gasteiger partial charge is 0.263 e. The fourth-order valence-electron chi connectivity index (χ4n) is 3.11. The zero-order chi connectivity index (χ0) is 26.3. The summed E-state index contributed by atoms with van der Waals surface area (Å²) < 4.78 is 50.4. The highest BCUT2D eigenvalue weighted by molar-refractivity contribution is 7.95. The van der Waals surface area contributed by atoms with Crippen LogP contribution in [-0.2, 0) is 10.0 Å². The second-order valence-corrected chi connectivity index (χ2v) is 8.85. The van der Waals surface area contributed by atoms with E-state index in [1.165, 1.54) is 32.7 Å². The van der Waals surface area contributed by atoms with Gasteiger partial charge in [-0.25, -0.2) is 23.4 Å². The van der Waals surface area contributed by atoms with Crippen LogP contribution in [-0.4, -0.2) is 49.7 Å². The second-order valence-electron chi connectivity index (χ2n) is 7.28. The molecule has 12 heteroatoms. The normalized spacial score (nSPS) is 11.2. The third kappa shape index (κ3) is 6.30. The Morgan fingerprint density at radius 1 is 0.784 bits per heavy atom. The van der Waals surface area contributed by atoms with Gasteiger partial charge in [0.25, 0.3) is 15.9 Å². The molecule has 190 valence electrons. The molecule has 0 aliphatic rings. The van der Waals surface area contributed by atoms with Gasteiger partial charge in [-0.1, -0.05) is 24.3 Å². The molecule has 0 amide bonds. The summed E-state index contributed by atoms with van der Waals surface area (Å²) in [4.78, 5) is 16.9. The van der Waals surface area contributed by atoms with E-state index in [-0.39, 0.29) is 29.1 Å². The van der Waals surface area contributed by atoms with Gasteiger partial charge in [0.05, 0.1) is 26.7 Å². The third-order valence-electron chi connectivity index (χ3n) is 4.87. The minimum Gasteiger partial charge on any atom is -0.497 e. The van der Waals surface area contributed by atoms with Gasteiger partial charge in [0.15, 0.2) is 23.1 Å². The minimum absolute atomic E-state index is 0.0293. The van der Waals surface area contributed by atoms with Crippen LogP contribution >= 0.6 is 0 Å². The number of rotatable bonds is 10. The standard InChI is InChI=1S/C25H23N5O6S/c1-33-18-11-9-17(10-12-18)13-16-37(31,32)30-22-21(36-20-8-5-4-7-19(20)34-2)25(35-3)29-24(28-22)23-26-14-6-15-27-23/h4-16H,1-3H3,(H,28,29,30). The second kappa shape index (κ2) is 11.4. The summed E-state index contributed by atoms with van der Waals surface area (Å²) in [5, 5.41) is 1.01. The molecule has 0 saturated heterocycles. The maximum Gasteiger partial charge on any atom is 0.263 e. The average molecular weight is 522 g/mol. The van der Waals surface area contributed by atoms with Crippen molar-refractivity contribution in [3.05, 3.63) is 78.0 Å². The quantitative estimate of drug-likeness (QED) is 0.324. The van der Waals surface area contributed by atoms with Crippen LogP contribution < -0.4 is 23.7 Å². The summed E-state index contributed by atoms with van der Waals surface area (Å²) in [5.74, 6) is 1.26. The Bertz CT molecular complexity index is 1500. The van der Waals surface area contributed by atoms with Crippen molar-refractivity contribution >= 4 is 21.9 Å². The molecule has 0 aliphatic heterocycles. The van der Waals surface area contributed by atoms with Crippen molar-refractivity contribution in [3.8, 4) is 40.5 Å². The Balaban J connectivity index is 1.76. The van der Waals surface area contributed by atoms with Gasteiger partial charge in [0, 0.05) is 12.4 Å². The Labute approximate surface area is 213 Å². The maximum absolute atomic E-state index is 13.0. The fraction of sp³-hybridized carbons (Fsp3) is 0.120. The van der Waals surface area contributed by atoms with Crippen molar-refractivity contribution in [2.45, 2.75) is 0 Å². The van der Waals surface area contributed by atoms with E-state index in [1.54, 1.807) is 61.7 Å². The van der Waals surface area contributed by atoms with E-state index >= 15 is 0 Å². The van der Waals surface area contributed by atoms with Crippen LogP contribution in [0.3, 0.4) is 0 Å². The number of hydrogen-bond donors (Lipinski definition) is 1. The zero-order valence-corrected chi connectivity index (χ0v) is 21.0. The first-order chi connectivity index (χ1) is 17.9. The van der Waals surface area contributed by atoms with Gasteiger partial charge in [-0.05, 0) is 42.0 Å². The van der Waals surface area contributed by atoms with Crippen LogP contribution in [0.15, 0.2) is 72.4 Å². The topological polar surface area (TPSA) is 135 Å². The lowest BCUT2D eigenvalue weighted by Crippen LogP contribution is -2.13. The van der Waals surface area contributed by atoms with E-state index in [0.29, 0.717) is 22.8 Å². The summed E-state index contributed by atoms with van der Waals surface area (Å²) in [6, 6.07) is 15.4. The summed E-state index contributed by atoms with van der Waals surface area (Å²) in [6.07, 6.45) is 4.46. The first-order valence-corrected chi connectivity index (χ1v) is 12.4. The SMILES string of the molecule is COc1ccc(C=CS(=O)(=O)Nc2nc(-c3ncccn3)nc(OC)c2Oc2ccccc2OC)cc1. The van der Waals surface area contributed by atoms with E-state index in [9.17, 15) is 8.42 Å². The molecule has 11 nitrogen and oxygen atoms in total. The number of nitrogens with zero attached hydrogens (tertiary/aromatic N) is 4. The van der Waals surface area contributed by atoms with Crippen LogP contribution in [0.2, 0.25) is 0 Å². The van der Waals surface area contributed by atoms with Crippen LogP contribution in [0.4, 0.5) is 5.82 Å². The molecule has 2 aromatic carbocycles. The monoisotopic (exact) mass is 521 g/mol. The first-order valence-electron chi connectivity index (χ1n) is 10.8. The summed E-state index contributed by atoms with van der Waals surface area (Å²) in [6.45, 7) is 0. The van der Waals surface area contributed by atoms with Crippen molar-refractivity contribution in [1.29, 1.82) is 0 Å². The van der Waals surface area contributed by atoms with E-state index in [0.717, 1.165) is 5.41 Å². The molecule has 0 spiro atoms. The van der Waals surface area contributed by atoms with Gasteiger partial charge in [0.2, 0.25) is 11.6 Å². The largest absolute Gasteiger partial charge is 0.497 e. The number of hydrogen-bond acceptors (Lipinski definition) is 10. The molecule has 0 radical (unpaired) electrons. The number of para-hydroxylation sites is 2. The predicted octanol–water partition coefficient (Wildman–Crippen LogP) is 4.16.